The molecule has 0 aliphatic rings. The number of carboxylic acids is 2. The van der Waals surface area contributed by atoms with Crippen molar-refractivity contribution in [2.24, 2.45) is 0 Å². The van der Waals surface area contributed by atoms with Gasteiger partial charge in [-0.25, -0.2) is 4.79 Å². The number of hydrogen-bond donors (Lipinski definition) is 2. The summed E-state index contributed by atoms with van der Waals surface area (Å²) < 4.78 is 5.54. The van der Waals surface area contributed by atoms with E-state index < -0.39 is 11.9 Å². The Kier molecular flexibility index (Phi) is 7.51. The van der Waals surface area contributed by atoms with E-state index in [0.29, 0.717) is 36.3 Å². The van der Waals surface area contributed by atoms with Crippen LogP contribution in [0.15, 0.2) is 54.1 Å². The van der Waals surface area contributed by atoms with Gasteiger partial charge in [-0.05, 0) is 73.4 Å². The molecular weight excluding hydrogens is 360 g/mol. The molecule has 2 aromatic rings. The highest BCUT2D eigenvalue weighted by atomic mass is 16.5. The number of carbonyl (C=O) groups excluding carboxylic acids is 1. The van der Waals surface area contributed by atoms with Crippen LogP contribution in [0, 0.1) is 0 Å². The lowest BCUT2D eigenvalue weighted by Crippen LogP contribution is -2.02. The maximum absolute atomic E-state index is 12.5. The molecule has 0 saturated heterocycles. The molecule has 0 unspecified atom stereocenters. The molecule has 0 heterocycles. The number of aromatic carboxylic acids is 1. The summed E-state index contributed by atoms with van der Waals surface area (Å²) in [6.45, 7) is 2.13. The van der Waals surface area contributed by atoms with Gasteiger partial charge < -0.3 is 14.9 Å². The third-order valence-electron chi connectivity index (χ3n) is 4.07. The molecule has 2 rings (SSSR count). The number of carboxylic acid groups (broad SMARTS) is 2. The van der Waals surface area contributed by atoms with Crippen LogP contribution in [-0.4, -0.2) is 34.5 Å². The molecule has 6 nitrogen and oxygen atoms in total. The molecule has 0 aromatic heterocycles. The Hall–Kier alpha value is -3.41. The van der Waals surface area contributed by atoms with Gasteiger partial charge in [0, 0.05) is 12.0 Å². The predicted octanol–water partition coefficient (Wildman–Crippen LogP) is 4.30. The number of benzene rings is 2. The lowest BCUT2D eigenvalue weighted by Gasteiger charge is -2.07. The number of ketones is 1. The van der Waals surface area contributed by atoms with Crippen molar-refractivity contribution < 1.29 is 29.3 Å². The van der Waals surface area contributed by atoms with Crippen molar-refractivity contribution >= 4 is 23.8 Å². The first-order chi connectivity index (χ1) is 13.4. The standard InChI is InChI=1S/C22H22O6/c1-15(14-16-5-7-18(8-6-16)22(26)27)21(25)17-9-11-19(12-10-17)28-13-3-2-4-20(23)24/h5-12,14H,2-4,13H2,1H3,(H,23,24)(H,26,27)/b15-14+. The van der Waals surface area contributed by atoms with Gasteiger partial charge in [-0.15, -0.1) is 0 Å². The van der Waals surface area contributed by atoms with E-state index in [9.17, 15) is 14.4 Å². The molecule has 146 valence electrons. The summed E-state index contributed by atoms with van der Waals surface area (Å²) in [6.07, 6.45) is 3.04. The molecule has 0 spiro atoms. The summed E-state index contributed by atoms with van der Waals surface area (Å²) in [5.74, 6) is -1.32. The van der Waals surface area contributed by atoms with E-state index in [1.54, 1.807) is 49.4 Å². The fourth-order valence-electron chi connectivity index (χ4n) is 2.54. The molecule has 2 N–H and O–H groups in total. The lowest BCUT2D eigenvalue weighted by atomic mass is 10.0. The van der Waals surface area contributed by atoms with Crippen LogP contribution in [0.3, 0.4) is 0 Å². The molecule has 0 fully saturated rings. The zero-order valence-corrected chi connectivity index (χ0v) is 15.6. The van der Waals surface area contributed by atoms with Crippen molar-refractivity contribution in [1.29, 1.82) is 0 Å². The average Bonchev–Trinajstić information content (AvgIpc) is 2.67. The first-order valence-electron chi connectivity index (χ1n) is 8.88. The highest BCUT2D eigenvalue weighted by Gasteiger charge is 2.09. The molecule has 0 aliphatic heterocycles. The van der Waals surface area contributed by atoms with Crippen LogP contribution in [0.5, 0.6) is 5.75 Å². The number of Topliss-reactive ketones (excluding diaryl/α,β-unsaturated/α-hetero) is 1. The van der Waals surface area contributed by atoms with E-state index in [4.69, 9.17) is 14.9 Å². The molecule has 0 amide bonds. The van der Waals surface area contributed by atoms with Crippen molar-refractivity contribution in [2.45, 2.75) is 26.2 Å². The van der Waals surface area contributed by atoms with E-state index in [1.807, 2.05) is 0 Å². The number of unbranched alkanes of at least 4 members (excludes halogenated alkanes) is 1. The fraction of sp³-hybridized carbons (Fsp3) is 0.227. The van der Waals surface area contributed by atoms with E-state index >= 15 is 0 Å². The zero-order chi connectivity index (χ0) is 20.5. The van der Waals surface area contributed by atoms with Crippen LogP contribution in [0.2, 0.25) is 0 Å². The van der Waals surface area contributed by atoms with Gasteiger partial charge in [-0.2, -0.15) is 0 Å². The van der Waals surface area contributed by atoms with Gasteiger partial charge in [-0.3, -0.25) is 9.59 Å². The summed E-state index contributed by atoms with van der Waals surface area (Å²) in [4.78, 5) is 33.9. The second-order valence-corrected chi connectivity index (χ2v) is 6.31. The SMILES string of the molecule is C/C(=C\c1ccc(C(=O)O)cc1)C(=O)c1ccc(OCCCCC(=O)O)cc1. The monoisotopic (exact) mass is 382 g/mol. The predicted molar refractivity (Wildman–Crippen MR) is 105 cm³/mol. The van der Waals surface area contributed by atoms with Gasteiger partial charge in [0.1, 0.15) is 5.75 Å². The van der Waals surface area contributed by atoms with Crippen LogP contribution in [0.1, 0.15) is 52.5 Å². The van der Waals surface area contributed by atoms with Crippen LogP contribution >= 0.6 is 0 Å². The Morgan fingerprint density at radius 3 is 2.07 bits per heavy atom. The van der Waals surface area contributed by atoms with E-state index in [2.05, 4.69) is 0 Å². The van der Waals surface area contributed by atoms with Crippen molar-refractivity contribution in [3.8, 4) is 5.75 Å². The number of carbonyl (C=O) groups is 3. The molecular formula is C22H22O6. The van der Waals surface area contributed by atoms with E-state index in [0.717, 1.165) is 5.56 Å². The van der Waals surface area contributed by atoms with Gasteiger partial charge in [0.15, 0.2) is 5.78 Å². The highest BCUT2D eigenvalue weighted by Crippen LogP contribution is 2.17. The van der Waals surface area contributed by atoms with Crippen LogP contribution in [0.4, 0.5) is 0 Å². The number of aliphatic carboxylic acids is 1. The smallest absolute Gasteiger partial charge is 0.335 e. The van der Waals surface area contributed by atoms with Crippen LogP contribution in [-0.2, 0) is 4.79 Å². The highest BCUT2D eigenvalue weighted by molar-refractivity contribution is 6.10. The minimum Gasteiger partial charge on any atom is -0.494 e. The van der Waals surface area contributed by atoms with E-state index in [-0.39, 0.29) is 17.8 Å². The normalized spacial score (nSPS) is 11.1. The molecule has 0 bridgehead atoms. The van der Waals surface area contributed by atoms with Gasteiger partial charge in [-0.1, -0.05) is 12.1 Å². The number of rotatable bonds is 10. The molecule has 0 aliphatic carbocycles. The topological polar surface area (TPSA) is 101 Å². The average molecular weight is 382 g/mol. The number of ether oxygens (including phenoxy) is 1. The summed E-state index contributed by atoms with van der Waals surface area (Å²) in [5, 5.41) is 17.5. The molecule has 0 radical (unpaired) electrons. The molecule has 28 heavy (non-hydrogen) atoms. The third-order valence-corrected chi connectivity index (χ3v) is 4.07. The Morgan fingerprint density at radius 2 is 1.50 bits per heavy atom. The zero-order valence-electron chi connectivity index (χ0n) is 15.6. The van der Waals surface area contributed by atoms with Crippen LogP contribution < -0.4 is 4.74 Å². The number of allylic oxidation sites excluding steroid dienone is 1. The molecule has 6 heteroatoms. The molecule has 0 saturated carbocycles. The quantitative estimate of drug-likeness (QED) is 0.361. The van der Waals surface area contributed by atoms with Gasteiger partial charge in [0.25, 0.3) is 0 Å². The van der Waals surface area contributed by atoms with E-state index in [1.165, 1.54) is 12.1 Å². The Bertz CT molecular complexity index is 863. The Balaban J connectivity index is 1.93. The van der Waals surface area contributed by atoms with Crippen LogP contribution in [0.25, 0.3) is 6.08 Å². The Labute approximate surface area is 163 Å². The van der Waals surface area contributed by atoms with Crippen molar-refractivity contribution in [3.05, 3.63) is 70.8 Å². The second kappa shape index (κ2) is 10.1. The van der Waals surface area contributed by atoms with Crippen molar-refractivity contribution in [1.82, 2.24) is 0 Å². The first kappa shape index (κ1) is 20.9. The first-order valence-corrected chi connectivity index (χ1v) is 8.88. The minimum absolute atomic E-state index is 0.126. The largest absolute Gasteiger partial charge is 0.494 e. The summed E-state index contributed by atoms with van der Waals surface area (Å²) in [6, 6.07) is 13.1. The van der Waals surface area contributed by atoms with Crippen molar-refractivity contribution in [3.63, 3.8) is 0 Å². The van der Waals surface area contributed by atoms with Gasteiger partial charge in [0.05, 0.1) is 12.2 Å². The van der Waals surface area contributed by atoms with Gasteiger partial charge >= 0.3 is 11.9 Å². The fourth-order valence-corrected chi connectivity index (χ4v) is 2.54. The third kappa shape index (κ3) is 6.39. The maximum atomic E-state index is 12.5. The molecule has 2 aromatic carbocycles. The molecule has 0 atom stereocenters. The lowest BCUT2D eigenvalue weighted by molar-refractivity contribution is -0.137. The van der Waals surface area contributed by atoms with Crippen molar-refractivity contribution in [2.75, 3.05) is 6.61 Å². The van der Waals surface area contributed by atoms with Gasteiger partial charge in [0.2, 0.25) is 0 Å². The summed E-state index contributed by atoms with van der Waals surface area (Å²) in [7, 11) is 0. The summed E-state index contributed by atoms with van der Waals surface area (Å²) >= 11 is 0. The summed E-state index contributed by atoms with van der Waals surface area (Å²) in [5.41, 5.74) is 2.00. The maximum Gasteiger partial charge on any atom is 0.335 e. The minimum atomic E-state index is -0.993. The number of hydrogen-bond acceptors (Lipinski definition) is 4. The Morgan fingerprint density at radius 1 is 0.893 bits per heavy atom. The second-order valence-electron chi connectivity index (χ2n) is 6.31.